The highest BCUT2D eigenvalue weighted by Crippen LogP contribution is 2.51. The molecule has 1 aliphatic carbocycles. The zero-order valence-electron chi connectivity index (χ0n) is 18.3. The van der Waals surface area contributed by atoms with Crippen LogP contribution >= 0.6 is 39.0 Å². The van der Waals surface area contributed by atoms with Crippen molar-refractivity contribution in [1.82, 2.24) is 10.2 Å². The van der Waals surface area contributed by atoms with E-state index in [2.05, 4.69) is 59.9 Å². The Bertz CT molecular complexity index is 1190. The Balaban J connectivity index is 1.95. The number of anilines is 1. The lowest BCUT2D eigenvalue weighted by molar-refractivity contribution is -0.118. The van der Waals surface area contributed by atoms with Crippen LogP contribution in [0, 0.1) is 16.7 Å². The lowest BCUT2D eigenvalue weighted by atomic mass is 9.69. The van der Waals surface area contributed by atoms with Crippen molar-refractivity contribution < 1.29 is 4.79 Å². The third kappa shape index (κ3) is 4.12. The van der Waals surface area contributed by atoms with Crippen molar-refractivity contribution in [3.05, 3.63) is 57.0 Å². The van der Waals surface area contributed by atoms with E-state index in [4.69, 9.17) is 5.73 Å². The van der Waals surface area contributed by atoms with Crippen molar-refractivity contribution in [2.45, 2.75) is 56.0 Å². The predicted octanol–water partition coefficient (Wildman–Crippen LogP) is 5.74. The van der Waals surface area contributed by atoms with Gasteiger partial charge >= 0.3 is 0 Å². The van der Waals surface area contributed by atoms with E-state index in [0.717, 1.165) is 20.1 Å². The van der Waals surface area contributed by atoms with Gasteiger partial charge in [0.2, 0.25) is 5.13 Å². The van der Waals surface area contributed by atoms with Crippen LogP contribution in [-0.4, -0.2) is 21.2 Å². The van der Waals surface area contributed by atoms with Gasteiger partial charge in [-0.05, 0) is 23.5 Å². The van der Waals surface area contributed by atoms with E-state index in [0.29, 0.717) is 40.2 Å². The molecule has 9 heteroatoms. The van der Waals surface area contributed by atoms with Crippen molar-refractivity contribution in [2.75, 3.05) is 4.90 Å². The number of aromatic nitrogens is 2. The number of hydrogen-bond donors (Lipinski definition) is 1. The second kappa shape index (κ2) is 8.65. The second-order valence-corrected chi connectivity index (χ2v) is 12.7. The predicted molar refractivity (Wildman–Crippen MR) is 132 cm³/mol. The van der Waals surface area contributed by atoms with Crippen LogP contribution < -0.4 is 10.6 Å². The van der Waals surface area contributed by atoms with E-state index in [9.17, 15) is 10.1 Å². The summed E-state index contributed by atoms with van der Waals surface area (Å²) in [5.74, 6) is -0.152. The molecule has 1 aromatic carbocycles. The van der Waals surface area contributed by atoms with Gasteiger partial charge in [-0.15, -0.1) is 10.2 Å². The normalized spacial score (nSPS) is 20.6. The molecule has 1 aliphatic heterocycles. The minimum absolute atomic E-state index is 0.0450. The van der Waals surface area contributed by atoms with Crippen molar-refractivity contribution in [1.29, 1.82) is 5.26 Å². The van der Waals surface area contributed by atoms with Crippen LogP contribution in [-0.2, 0) is 4.79 Å². The molecule has 0 spiro atoms. The Morgan fingerprint density at radius 2 is 2.03 bits per heavy atom. The van der Waals surface area contributed by atoms with E-state index in [1.807, 2.05) is 24.3 Å². The van der Waals surface area contributed by atoms with Gasteiger partial charge in [-0.3, -0.25) is 9.69 Å². The molecule has 0 amide bonds. The maximum atomic E-state index is 13.5. The van der Waals surface area contributed by atoms with Crippen molar-refractivity contribution in [3.8, 4) is 6.07 Å². The molecule has 2 aliphatic rings. The van der Waals surface area contributed by atoms with E-state index in [1.54, 1.807) is 16.7 Å². The fourth-order valence-corrected chi connectivity index (χ4v) is 6.91. The monoisotopic (exact) mass is 529 g/mol. The first-order valence-electron chi connectivity index (χ1n) is 10.3. The first kappa shape index (κ1) is 23.0. The SMILES string of the molecule is CC(C)Sc1nnc(N2C(N)=C(C#N)C(c3ccccc3Br)C3=C2CC(C)(C)CC3=O)s1. The largest absolute Gasteiger partial charge is 0.384 e. The zero-order valence-corrected chi connectivity index (χ0v) is 21.6. The molecular weight excluding hydrogens is 506 g/mol. The molecule has 2 aromatic rings. The average Bonchev–Trinajstić information content (AvgIpc) is 3.13. The third-order valence-corrected chi connectivity index (χ3v) is 8.24. The summed E-state index contributed by atoms with van der Waals surface area (Å²) in [6.07, 6.45) is 1.07. The molecule has 1 unspecified atom stereocenters. The molecule has 0 saturated heterocycles. The molecule has 0 bridgehead atoms. The van der Waals surface area contributed by atoms with E-state index < -0.39 is 5.92 Å². The lowest BCUT2D eigenvalue weighted by Crippen LogP contribution is -2.42. The number of ketones is 1. The highest BCUT2D eigenvalue weighted by Gasteiger charge is 2.45. The number of halogens is 1. The Morgan fingerprint density at radius 3 is 2.69 bits per heavy atom. The fourth-order valence-electron chi connectivity index (χ4n) is 4.29. The number of allylic oxidation sites excluding steroid dienone is 3. The third-order valence-electron chi connectivity index (χ3n) is 5.52. The highest BCUT2D eigenvalue weighted by molar-refractivity contribution is 9.10. The van der Waals surface area contributed by atoms with E-state index in [-0.39, 0.29) is 11.2 Å². The van der Waals surface area contributed by atoms with Gasteiger partial charge in [-0.25, -0.2) is 0 Å². The minimum atomic E-state index is -0.511. The summed E-state index contributed by atoms with van der Waals surface area (Å²) in [6, 6.07) is 9.99. The van der Waals surface area contributed by atoms with Gasteiger partial charge in [0, 0.05) is 27.4 Å². The number of nitrogens with two attached hydrogens (primary N) is 1. The molecule has 32 heavy (non-hydrogen) atoms. The van der Waals surface area contributed by atoms with Crippen LogP contribution in [0.15, 0.2) is 55.7 Å². The van der Waals surface area contributed by atoms with Crippen LogP contribution in [0.1, 0.15) is 52.0 Å². The van der Waals surface area contributed by atoms with Crippen LogP contribution in [0.25, 0.3) is 0 Å². The number of nitrogens with zero attached hydrogens (tertiary/aromatic N) is 4. The molecule has 1 atom stereocenters. The molecular formula is C23H24BrN5OS2. The standard InChI is InChI=1S/C23H24BrN5OS2/c1-12(2)31-22-28-27-21(32-22)29-16-9-23(3,4)10-17(30)19(16)18(14(11-25)20(29)26)13-7-5-6-8-15(13)24/h5-8,12,18H,9-10,26H2,1-4H3. The zero-order chi connectivity index (χ0) is 23.2. The Kier molecular flexibility index (Phi) is 6.23. The van der Waals surface area contributed by atoms with Crippen molar-refractivity contribution in [3.63, 3.8) is 0 Å². The Labute approximate surface area is 204 Å². The van der Waals surface area contributed by atoms with Gasteiger partial charge < -0.3 is 5.73 Å². The number of benzene rings is 1. The molecule has 0 fully saturated rings. The Morgan fingerprint density at radius 1 is 1.31 bits per heavy atom. The molecule has 166 valence electrons. The van der Waals surface area contributed by atoms with Gasteiger partial charge in [0.15, 0.2) is 10.1 Å². The number of hydrogen-bond acceptors (Lipinski definition) is 8. The minimum Gasteiger partial charge on any atom is -0.384 e. The number of Topliss-reactive ketones (excluding diaryl/α,β-unsaturated/α-hetero) is 1. The second-order valence-electron chi connectivity index (χ2n) is 9.02. The summed E-state index contributed by atoms with van der Waals surface area (Å²) >= 11 is 6.67. The number of nitriles is 1. The fraction of sp³-hybridized carbons (Fsp3) is 0.391. The number of thioether (sulfide) groups is 1. The average molecular weight is 531 g/mol. The molecule has 6 nitrogen and oxygen atoms in total. The van der Waals surface area contributed by atoms with Gasteiger partial charge in [-0.1, -0.05) is 84.9 Å². The van der Waals surface area contributed by atoms with Gasteiger partial charge in [0.25, 0.3) is 0 Å². The van der Waals surface area contributed by atoms with Crippen LogP contribution in [0.2, 0.25) is 0 Å². The summed E-state index contributed by atoms with van der Waals surface area (Å²) < 4.78 is 1.67. The summed E-state index contributed by atoms with van der Waals surface area (Å²) in [6.45, 7) is 8.36. The number of carbonyl (C=O) groups is 1. The van der Waals surface area contributed by atoms with Gasteiger partial charge in [0.05, 0.1) is 17.6 Å². The summed E-state index contributed by atoms with van der Waals surface area (Å²) in [5.41, 5.74) is 9.10. The Hall–Kier alpha value is -2.15. The van der Waals surface area contributed by atoms with Crippen molar-refractivity contribution in [2.24, 2.45) is 11.1 Å². The summed E-state index contributed by atoms with van der Waals surface area (Å²) in [4.78, 5) is 15.3. The lowest BCUT2D eigenvalue weighted by Gasteiger charge is -2.42. The molecule has 0 radical (unpaired) electrons. The molecule has 0 saturated carbocycles. The quantitative estimate of drug-likeness (QED) is 0.504. The van der Waals surface area contributed by atoms with Crippen molar-refractivity contribution >= 4 is 49.9 Å². The number of carbonyl (C=O) groups excluding carboxylic acids is 1. The number of rotatable bonds is 4. The molecule has 1 aromatic heterocycles. The molecule has 2 heterocycles. The van der Waals surface area contributed by atoms with E-state index >= 15 is 0 Å². The van der Waals surface area contributed by atoms with Crippen LogP contribution in [0.4, 0.5) is 5.13 Å². The van der Waals surface area contributed by atoms with Crippen LogP contribution in [0.3, 0.4) is 0 Å². The summed E-state index contributed by atoms with van der Waals surface area (Å²) in [5, 5.41) is 19.8. The van der Waals surface area contributed by atoms with Crippen LogP contribution in [0.5, 0.6) is 0 Å². The summed E-state index contributed by atoms with van der Waals surface area (Å²) in [7, 11) is 0. The topological polar surface area (TPSA) is 95.9 Å². The molecule has 4 rings (SSSR count). The smallest absolute Gasteiger partial charge is 0.219 e. The maximum absolute atomic E-state index is 13.5. The van der Waals surface area contributed by atoms with Gasteiger partial charge in [-0.2, -0.15) is 5.26 Å². The first-order valence-corrected chi connectivity index (χ1v) is 12.8. The highest BCUT2D eigenvalue weighted by atomic mass is 79.9. The van der Waals surface area contributed by atoms with E-state index in [1.165, 1.54) is 11.3 Å². The maximum Gasteiger partial charge on any atom is 0.219 e. The first-order chi connectivity index (χ1) is 15.1. The molecule has 2 N–H and O–H groups in total. The van der Waals surface area contributed by atoms with Gasteiger partial charge in [0.1, 0.15) is 5.82 Å².